The van der Waals surface area contributed by atoms with Crippen LogP contribution in [-0.2, 0) is 48.7 Å². The summed E-state index contributed by atoms with van der Waals surface area (Å²) < 4.78 is 26.4. The van der Waals surface area contributed by atoms with Crippen LogP contribution < -0.4 is 10.4 Å². The molecule has 18 rings (SSSR count). The Morgan fingerprint density at radius 2 is 0.615 bits per heavy atom. The van der Waals surface area contributed by atoms with E-state index < -0.39 is 0 Å². The lowest BCUT2D eigenvalue weighted by Gasteiger charge is -2.18. The van der Waals surface area contributed by atoms with Crippen molar-refractivity contribution in [2.75, 3.05) is 0 Å². The van der Waals surface area contributed by atoms with Gasteiger partial charge in [0.15, 0.2) is 24.0 Å². The van der Waals surface area contributed by atoms with E-state index in [4.69, 9.17) is 17.7 Å². The second kappa shape index (κ2) is 36.8. The van der Waals surface area contributed by atoms with Crippen LogP contribution in [0.3, 0.4) is 0 Å². The van der Waals surface area contributed by atoms with Crippen LogP contribution in [0.1, 0.15) is 243 Å². The van der Waals surface area contributed by atoms with Crippen LogP contribution in [0.15, 0.2) is 253 Å². The number of thiophene rings is 2. The highest BCUT2D eigenvalue weighted by Gasteiger charge is 2.22. The third kappa shape index (κ3) is 25.0. The number of fused-ring (bicyclic) bond motifs is 9. The molecule has 8 heterocycles. The first-order chi connectivity index (χ1) is 54.6. The van der Waals surface area contributed by atoms with Gasteiger partial charge in [-0.1, -0.05) is 278 Å². The smallest absolute Gasteiger partial charge is 0.181 e. The van der Waals surface area contributed by atoms with Crippen LogP contribution in [0.5, 0.6) is 0 Å². The number of furan rings is 2. The number of hydrogen-bond acceptors (Lipinski definition) is 12. The van der Waals surface area contributed by atoms with Crippen LogP contribution in [-0.4, -0.2) is 19.9 Å². The summed E-state index contributed by atoms with van der Waals surface area (Å²) in [5, 5.41) is 12.2. The predicted molar refractivity (Wildman–Crippen MR) is 511 cm³/mol. The van der Waals surface area contributed by atoms with Gasteiger partial charge in [0.25, 0.3) is 0 Å². The Morgan fingerprint density at radius 3 is 1.21 bits per heavy atom. The zero-order valence-corrected chi connectivity index (χ0v) is 77.7. The van der Waals surface area contributed by atoms with Crippen molar-refractivity contribution < 1.29 is 17.7 Å². The third-order valence-electron chi connectivity index (χ3n) is 20.7. The molecule has 0 saturated heterocycles. The number of nitrogens with zero attached hydrogens (tertiary/aromatic N) is 4. The standard InChI is InChI=1S/C13H16.2C12H14O.2C12H14S.2C11H13NO.2C11H13NS/c1-13(2,3)12-8-7-10-5-4-6-11(10)9-12;1-12(2,3)10-4-5-11-9(8-10)6-7-13-11;1-12(2,3)10-5-4-9-6-7-13-11(9)8-10;1-12(2,3)10-4-5-11-9(8-10)6-7-13-11;1-12(2,3)10-5-4-9-6-7-13-11(9)8-10;1-11(2,3)8-4-5-10-9(6-8)12-7-13-10;1-11(2,3)8-4-5-9-10(6-8)13-7-12-9;1-11(2,3)8-4-5-10-9(6-8)12-7-13-10;1-11(2,3)8-4-5-9-10(6-8)13-7-12-9/h5-9H,4H2,1-3H3;4*4-8H,1-3H3;4*4-7H,1-3H3. The SMILES string of the molecule is CC(C)(C)c1ccc2c(c1)=CCC=2.CC(C)(C)c1ccc2ccoc2c1.CC(C)(C)c1ccc2ccsc2c1.CC(C)(C)c1ccc2ncoc2c1.CC(C)(C)c1ccc2ncsc2c1.CC(C)(C)c1ccc2occc2c1.CC(C)(C)c1ccc2ocnc2c1.CC(C)(C)c1ccc2sccc2c1.CC(C)(C)c1ccc2scnc2c1. The van der Waals surface area contributed by atoms with Gasteiger partial charge < -0.3 is 17.7 Å². The topological polar surface area (TPSA) is 104 Å². The Balaban J connectivity index is 0.000000139. The Labute approximate surface area is 712 Å². The zero-order valence-electron chi connectivity index (χ0n) is 74.4. The van der Waals surface area contributed by atoms with Gasteiger partial charge in [-0.25, -0.2) is 19.9 Å². The van der Waals surface area contributed by atoms with Gasteiger partial charge in [-0.3, -0.25) is 0 Å². The molecule has 9 aromatic carbocycles. The molecule has 1 aliphatic carbocycles. The van der Waals surface area contributed by atoms with Crippen molar-refractivity contribution in [3.05, 3.63) is 296 Å². The summed E-state index contributed by atoms with van der Waals surface area (Å²) in [5.74, 6) is 0. The number of hydrogen-bond donors (Lipinski definition) is 0. The summed E-state index contributed by atoms with van der Waals surface area (Å²) in [6, 6.07) is 66.8. The summed E-state index contributed by atoms with van der Waals surface area (Å²) in [5.41, 5.74) is 25.8. The zero-order chi connectivity index (χ0) is 85.3. The molecule has 17 aromatic rings. The van der Waals surface area contributed by atoms with Crippen LogP contribution in [0.25, 0.3) is 96.9 Å². The van der Waals surface area contributed by atoms with Gasteiger partial charge in [0.05, 0.1) is 44.0 Å². The van der Waals surface area contributed by atoms with Crippen molar-refractivity contribution in [1.82, 2.24) is 19.9 Å². The first kappa shape index (κ1) is 89.8. The summed E-state index contributed by atoms with van der Waals surface area (Å²) >= 11 is 7.03. The molecular formula is C105H124N4O4S4. The van der Waals surface area contributed by atoms with E-state index in [1.807, 2.05) is 52.7 Å². The average Bonchev–Trinajstić information content (AvgIpc) is 1.83. The number of rotatable bonds is 0. The molecular weight excluding hydrogens is 1510 g/mol. The molecule has 612 valence electrons. The van der Waals surface area contributed by atoms with E-state index in [1.54, 1.807) is 46.5 Å². The fourth-order valence-corrected chi connectivity index (χ4v) is 15.7. The van der Waals surface area contributed by atoms with E-state index in [1.165, 1.54) is 114 Å². The third-order valence-corrected chi connectivity index (χ3v) is 24.1. The van der Waals surface area contributed by atoms with Crippen molar-refractivity contribution in [3.8, 4) is 0 Å². The number of thiazole rings is 2. The van der Waals surface area contributed by atoms with Gasteiger partial charge in [0.1, 0.15) is 22.2 Å². The molecule has 117 heavy (non-hydrogen) atoms. The molecule has 0 spiro atoms. The first-order valence-corrected chi connectivity index (χ1v) is 44.2. The second-order valence-corrected chi connectivity index (χ2v) is 43.2. The fraction of sp³-hybridized carbons (Fsp3) is 0.352. The van der Waals surface area contributed by atoms with Crippen molar-refractivity contribution in [3.63, 3.8) is 0 Å². The lowest BCUT2D eigenvalue weighted by Crippen LogP contribution is -2.24. The van der Waals surface area contributed by atoms with E-state index in [2.05, 4.69) is 388 Å². The molecule has 0 atom stereocenters. The molecule has 1 aliphatic rings. The first-order valence-electron chi connectivity index (χ1n) is 40.7. The van der Waals surface area contributed by atoms with Gasteiger partial charge in [0, 0.05) is 20.2 Å². The quantitative estimate of drug-likeness (QED) is 0.148. The van der Waals surface area contributed by atoms with E-state index in [-0.39, 0.29) is 48.7 Å². The molecule has 8 nitrogen and oxygen atoms in total. The van der Waals surface area contributed by atoms with Crippen LogP contribution >= 0.6 is 45.3 Å². The molecule has 0 N–H and O–H groups in total. The maximum Gasteiger partial charge on any atom is 0.181 e. The lowest BCUT2D eigenvalue weighted by atomic mass is 9.86. The molecule has 0 unspecified atom stereocenters. The van der Waals surface area contributed by atoms with Crippen molar-refractivity contribution in [1.29, 1.82) is 0 Å². The Bertz CT molecular complexity index is 5210. The highest BCUT2D eigenvalue weighted by atomic mass is 32.1. The van der Waals surface area contributed by atoms with Crippen molar-refractivity contribution in [2.45, 2.75) is 242 Å². The summed E-state index contributed by atoms with van der Waals surface area (Å²) in [6.45, 7) is 60.0. The fourth-order valence-electron chi connectivity index (χ4n) is 12.7. The predicted octanol–water partition coefficient (Wildman–Crippen LogP) is 31.2. The van der Waals surface area contributed by atoms with Gasteiger partial charge >= 0.3 is 0 Å². The van der Waals surface area contributed by atoms with Crippen molar-refractivity contribution in [2.24, 2.45) is 0 Å². The minimum atomic E-state index is 0.168. The maximum absolute atomic E-state index is 5.35. The van der Waals surface area contributed by atoms with E-state index in [9.17, 15) is 0 Å². The van der Waals surface area contributed by atoms with Crippen LogP contribution in [0.4, 0.5) is 0 Å². The monoisotopic (exact) mass is 1630 g/mol. The molecule has 8 aromatic heterocycles. The normalized spacial score (nSPS) is 12.5. The highest BCUT2D eigenvalue weighted by molar-refractivity contribution is 7.18. The van der Waals surface area contributed by atoms with E-state index in [0.717, 1.165) is 50.8 Å². The Kier molecular flexibility index (Phi) is 28.2. The van der Waals surface area contributed by atoms with Gasteiger partial charge in [-0.2, -0.15) is 0 Å². The molecule has 0 amide bonds. The van der Waals surface area contributed by atoms with Gasteiger partial charge in [-0.15, -0.1) is 45.3 Å². The average molecular weight is 1630 g/mol. The Hall–Kier alpha value is -9.56. The van der Waals surface area contributed by atoms with Gasteiger partial charge in [0.2, 0.25) is 0 Å². The maximum atomic E-state index is 5.35. The largest absolute Gasteiger partial charge is 0.464 e. The van der Waals surface area contributed by atoms with E-state index in [0.29, 0.717) is 0 Å². The number of benzene rings is 9. The minimum absolute atomic E-state index is 0.168. The molecule has 0 saturated carbocycles. The molecule has 0 radical (unpaired) electrons. The summed E-state index contributed by atoms with van der Waals surface area (Å²) in [6.07, 6.45) is 12.1. The number of aromatic nitrogens is 4. The van der Waals surface area contributed by atoms with Crippen molar-refractivity contribution >= 4 is 142 Å². The van der Waals surface area contributed by atoms with Gasteiger partial charge in [-0.05, 0) is 246 Å². The molecule has 0 fully saturated rings. The second-order valence-electron chi connectivity index (χ2n) is 39.6. The Morgan fingerprint density at radius 1 is 0.231 bits per heavy atom. The lowest BCUT2D eigenvalue weighted by molar-refractivity contribution is 0.580. The highest BCUT2D eigenvalue weighted by Crippen LogP contribution is 2.35. The minimum Gasteiger partial charge on any atom is -0.464 e. The molecule has 0 bridgehead atoms. The number of oxazole rings is 2. The van der Waals surface area contributed by atoms with E-state index >= 15 is 0 Å². The molecule has 12 heteroatoms. The van der Waals surface area contributed by atoms with Crippen LogP contribution in [0.2, 0.25) is 0 Å². The summed E-state index contributed by atoms with van der Waals surface area (Å²) in [4.78, 5) is 16.8. The summed E-state index contributed by atoms with van der Waals surface area (Å²) in [7, 11) is 0. The molecule has 0 aliphatic heterocycles. The van der Waals surface area contributed by atoms with Crippen LogP contribution in [0, 0.1) is 0 Å².